The van der Waals surface area contributed by atoms with Crippen molar-refractivity contribution in [2.24, 2.45) is 0 Å². The van der Waals surface area contributed by atoms with Crippen LogP contribution in [0.5, 0.6) is 0 Å². The second-order valence-corrected chi connectivity index (χ2v) is 3.66. The maximum atomic E-state index is 5.27. The topological polar surface area (TPSA) is 41.8 Å². The molecule has 0 atom stereocenters. The summed E-state index contributed by atoms with van der Waals surface area (Å²) in [5.74, 6) is 1.31. The standard InChI is InChI=1S/C8H12N2OS.ClH/c12-8-10-9-7(11-8)6-4-2-1-3-5-6;/h6H,1-5H2,(H,10,12);1H. The molecule has 13 heavy (non-hydrogen) atoms. The molecule has 0 amide bonds. The Hall–Kier alpha value is -0.350. The van der Waals surface area contributed by atoms with E-state index in [0.717, 1.165) is 5.89 Å². The molecule has 74 valence electrons. The van der Waals surface area contributed by atoms with Crippen molar-refractivity contribution in [3.8, 4) is 0 Å². The van der Waals surface area contributed by atoms with Crippen molar-refractivity contribution in [1.82, 2.24) is 10.2 Å². The molecule has 1 N–H and O–H groups in total. The van der Waals surface area contributed by atoms with E-state index in [0.29, 0.717) is 10.8 Å². The number of H-pyrrole nitrogens is 1. The number of nitrogens with zero attached hydrogens (tertiary/aromatic N) is 1. The second-order valence-electron chi connectivity index (χ2n) is 3.29. The molecule has 1 aliphatic carbocycles. The van der Waals surface area contributed by atoms with Gasteiger partial charge in [-0.3, -0.25) is 0 Å². The van der Waals surface area contributed by atoms with Gasteiger partial charge in [-0.05, 0) is 25.1 Å². The van der Waals surface area contributed by atoms with E-state index in [2.05, 4.69) is 10.2 Å². The lowest BCUT2D eigenvalue weighted by Gasteiger charge is -2.17. The predicted molar refractivity (Wildman–Crippen MR) is 54.8 cm³/mol. The molecule has 0 radical (unpaired) electrons. The first-order chi connectivity index (χ1) is 5.86. The number of halogens is 1. The highest BCUT2D eigenvalue weighted by molar-refractivity contribution is 7.71. The minimum atomic E-state index is 0. The number of rotatable bonds is 1. The van der Waals surface area contributed by atoms with Gasteiger partial charge in [0.05, 0.1) is 0 Å². The van der Waals surface area contributed by atoms with E-state index in [1.807, 2.05) is 0 Å². The lowest BCUT2D eigenvalue weighted by Crippen LogP contribution is -2.04. The number of aromatic nitrogens is 2. The van der Waals surface area contributed by atoms with Crippen LogP contribution in [0.25, 0.3) is 0 Å². The first-order valence-electron chi connectivity index (χ1n) is 4.41. The van der Waals surface area contributed by atoms with Gasteiger partial charge in [0.2, 0.25) is 5.89 Å². The van der Waals surface area contributed by atoms with Crippen LogP contribution >= 0.6 is 24.6 Å². The summed E-state index contributed by atoms with van der Waals surface area (Å²) in [7, 11) is 0. The first kappa shape index (κ1) is 10.7. The van der Waals surface area contributed by atoms with E-state index in [1.54, 1.807) is 0 Å². The molecular weight excluding hydrogens is 208 g/mol. The summed E-state index contributed by atoms with van der Waals surface area (Å²) in [6.45, 7) is 0. The normalized spacial score (nSPS) is 18.2. The van der Waals surface area contributed by atoms with Crippen LogP contribution in [0.15, 0.2) is 4.42 Å². The van der Waals surface area contributed by atoms with Gasteiger partial charge in [0, 0.05) is 5.92 Å². The number of hydrogen-bond donors (Lipinski definition) is 1. The van der Waals surface area contributed by atoms with Gasteiger partial charge in [-0.1, -0.05) is 19.3 Å². The molecule has 1 aliphatic rings. The molecule has 0 aliphatic heterocycles. The quantitative estimate of drug-likeness (QED) is 0.739. The fourth-order valence-corrected chi connectivity index (χ4v) is 1.90. The van der Waals surface area contributed by atoms with Crippen molar-refractivity contribution in [3.63, 3.8) is 0 Å². The molecule has 1 aromatic rings. The van der Waals surface area contributed by atoms with Gasteiger partial charge >= 0.3 is 0 Å². The highest BCUT2D eigenvalue weighted by Crippen LogP contribution is 2.31. The minimum Gasteiger partial charge on any atom is -0.414 e. The van der Waals surface area contributed by atoms with Crippen LogP contribution in [0.1, 0.15) is 43.9 Å². The molecule has 0 saturated heterocycles. The summed E-state index contributed by atoms with van der Waals surface area (Å²) >= 11 is 4.82. The SMILES string of the molecule is Cl.S=c1[nH]nc(C2CCCCC2)o1. The maximum Gasteiger partial charge on any atom is 0.284 e. The third-order valence-corrected chi connectivity index (χ3v) is 2.58. The zero-order valence-corrected chi connectivity index (χ0v) is 8.92. The molecule has 1 aromatic heterocycles. The number of nitrogens with one attached hydrogen (secondary N) is 1. The van der Waals surface area contributed by atoms with Crippen LogP contribution in [0.2, 0.25) is 0 Å². The van der Waals surface area contributed by atoms with Crippen molar-refractivity contribution in [3.05, 3.63) is 10.7 Å². The van der Waals surface area contributed by atoms with Crippen molar-refractivity contribution < 1.29 is 4.42 Å². The summed E-state index contributed by atoms with van der Waals surface area (Å²) in [6.07, 6.45) is 6.33. The Morgan fingerprint density at radius 3 is 2.54 bits per heavy atom. The molecule has 1 heterocycles. The van der Waals surface area contributed by atoms with Crippen LogP contribution in [0, 0.1) is 4.84 Å². The first-order valence-corrected chi connectivity index (χ1v) is 4.82. The fourth-order valence-electron chi connectivity index (χ4n) is 1.77. The molecule has 2 rings (SSSR count). The molecule has 0 bridgehead atoms. The van der Waals surface area contributed by atoms with Crippen molar-refractivity contribution in [1.29, 1.82) is 0 Å². The molecule has 0 aromatic carbocycles. The average Bonchev–Trinajstić information content (AvgIpc) is 2.54. The van der Waals surface area contributed by atoms with Crippen LogP contribution in [0.3, 0.4) is 0 Å². The lowest BCUT2D eigenvalue weighted by atomic mass is 9.89. The third-order valence-electron chi connectivity index (χ3n) is 2.41. The molecule has 1 saturated carbocycles. The third kappa shape index (κ3) is 2.54. The van der Waals surface area contributed by atoms with Gasteiger partial charge in [-0.2, -0.15) is 0 Å². The average molecular weight is 221 g/mol. The molecule has 5 heteroatoms. The van der Waals surface area contributed by atoms with E-state index in [-0.39, 0.29) is 12.4 Å². The summed E-state index contributed by atoms with van der Waals surface area (Å²) in [4.78, 5) is 0.399. The van der Waals surface area contributed by atoms with Gasteiger partial charge in [-0.15, -0.1) is 17.5 Å². The summed E-state index contributed by atoms with van der Waals surface area (Å²) < 4.78 is 5.27. The maximum absolute atomic E-state index is 5.27. The molecular formula is C8H13ClN2OS. The van der Waals surface area contributed by atoms with Crippen LogP contribution < -0.4 is 0 Å². The second kappa shape index (κ2) is 4.77. The van der Waals surface area contributed by atoms with Gasteiger partial charge < -0.3 is 4.42 Å². The number of hydrogen-bond acceptors (Lipinski definition) is 3. The Morgan fingerprint density at radius 1 is 1.31 bits per heavy atom. The van der Waals surface area contributed by atoms with Crippen molar-refractivity contribution in [2.75, 3.05) is 0 Å². The molecule has 0 spiro atoms. The van der Waals surface area contributed by atoms with E-state index < -0.39 is 0 Å². The summed E-state index contributed by atoms with van der Waals surface area (Å²) in [5, 5.41) is 6.71. The largest absolute Gasteiger partial charge is 0.414 e. The Kier molecular flexibility index (Phi) is 3.93. The van der Waals surface area contributed by atoms with Gasteiger partial charge in [0.15, 0.2) is 0 Å². The number of aromatic amines is 1. The summed E-state index contributed by atoms with van der Waals surface area (Å²) in [5.41, 5.74) is 0. The smallest absolute Gasteiger partial charge is 0.284 e. The fraction of sp³-hybridized carbons (Fsp3) is 0.750. The van der Waals surface area contributed by atoms with Gasteiger partial charge in [0.1, 0.15) is 0 Å². The van der Waals surface area contributed by atoms with E-state index in [4.69, 9.17) is 16.6 Å². The van der Waals surface area contributed by atoms with Crippen LogP contribution in [-0.2, 0) is 0 Å². The Morgan fingerprint density at radius 2 is 2.00 bits per heavy atom. The molecule has 3 nitrogen and oxygen atoms in total. The summed E-state index contributed by atoms with van der Waals surface area (Å²) in [6, 6.07) is 0. The van der Waals surface area contributed by atoms with E-state index >= 15 is 0 Å². The highest BCUT2D eigenvalue weighted by Gasteiger charge is 2.19. The Balaban J connectivity index is 0.000000845. The minimum absolute atomic E-state index is 0. The van der Waals surface area contributed by atoms with Crippen molar-refractivity contribution in [2.45, 2.75) is 38.0 Å². The van der Waals surface area contributed by atoms with E-state index in [9.17, 15) is 0 Å². The van der Waals surface area contributed by atoms with E-state index in [1.165, 1.54) is 32.1 Å². The van der Waals surface area contributed by atoms with Crippen molar-refractivity contribution >= 4 is 24.6 Å². The van der Waals surface area contributed by atoms with Crippen LogP contribution in [0.4, 0.5) is 0 Å². The van der Waals surface area contributed by atoms with Gasteiger partial charge in [-0.25, -0.2) is 5.10 Å². The zero-order valence-electron chi connectivity index (χ0n) is 7.28. The lowest BCUT2D eigenvalue weighted by molar-refractivity contribution is 0.359. The molecule has 1 fully saturated rings. The monoisotopic (exact) mass is 220 g/mol. The predicted octanol–water partition coefficient (Wildman–Crippen LogP) is 3.20. The highest BCUT2D eigenvalue weighted by atomic mass is 35.5. The Bertz CT molecular complexity index is 303. The molecule has 0 unspecified atom stereocenters. The van der Waals surface area contributed by atoms with Crippen LogP contribution in [-0.4, -0.2) is 10.2 Å². The van der Waals surface area contributed by atoms with Gasteiger partial charge in [0.25, 0.3) is 4.84 Å². The Labute approximate surface area is 88.3 Å². The zero-order chi connectivity index (χ0) is 8.39.